The van der Waals surface area contributed by atoms with Gasteiger partial charge in [-0.15, -0.1) is 0 Å². The van der Waals surface area contributed by atoms with E-state index >= 15 is 0 Å². The molecule has 1 N–H and O–H groups in total. The van der Waals surface area contributed by atoms with E-state index in [0.29, 0.717) is 10.0 Å². The molecule has 1 aromatic carbocycles. The van der Waals surface area contributed by atoms with Gasteiger partial charge in [-0.3, -0.25) is 4.90 Å². The highest BCUT2D eigenvalue weighted by atomic mass is 35.5. The highest BCUT2D eigenvalue weighted by Crippen LogP contribution is 2.23. The number of hydrogen-bond donors (Lipinski definition) is 1. The second-order valence-electron chi connectivity index (χ2n) is 6.03. The summed E-state index contributed by atoms with van der Waals surface area (Å²) >= 11 is 12.0. The number of anilines is 1. The summed E-state index contributed by atoms with van der Waals surface area (Å²) in [5.41, 5.74) is 2.17. The predicted molar refractivity (Wildman–Crippen MR) is 100 cm³/mol. The Morgan fingerprint density at radius 3 is 2.52 bits per heavy atom. The first-order valence-corrected chi connectivity index (χ1v) is 8.89. The molecule has 2 heterocycles. The Morgan fingerprint density at radius 1 is 1.08 bits per heavy atom. The normalized spacial score (nSPS) is 15.4. The summed E-state index contributed by atoms with van der Waals surface area (Å²) in [6, 6.07) is 9.26. The van der Waals surface area contributed by atoms with Crippen LogP contribution < -0.4 is 4.90 Å². The summed E-state index contributed by atoms with van der Waals surface area (Å²) < 4.78 is 0. The zero-order valence-corrected chi connectivity index (χ0v) is 15.2. The van der Waals surface area contributed by atoms with Crippen molar-refractivity contribution in [3.05, 3.63) is 57.8 Å². The summed E-state index contributed by atoms with van der Waals surface area (Å²) in [7, 11) is 0. The maximum atomic E-state index is 11.0. The van der Waals surface area contributed by atoms with Crippen LogP contribution in [0.15, 0.2) is 36.5 Å². The Kier molecular flexibility index (Phi) is 5.78. The molecular formula is C18H19Cl2N3O2. The molecule has 1 aromatic heterocycles. The highest BCUT2D eigenvalue weighted by molar-refractivity contribution is 6.42. The lowest BCUT2D eigenvalue weighted by atomic mass is 10.1. The van der Waals surface area contributed by atoms with Crippen molar-refractivity contribution >= 4 is 34.9 Å². The standard InChI is InChI=1S/C18H19Cl2N3O2/c19-15-2-1-13(11-16(15)20)4-6-22-7-9-23(10-8-22)14-3-5-21-17(12-14)18(24)25/h1-3,5,11-12H,4,6-10H2,(H,24,25). The largest absolute Gasteiger partial charge is 0.477 e. The van der Waals surface area contributed by atoms with Crippen molar-refractivity contribution in [2.45, 2.75) is 6.42 Å². The minimum atomic E-state index is -0.998. The summed E-state index contributed by atoms with van der Waals surface area (Å²) in [4.78, 5) is 19.5. The molecule has 2 aromatic rings. The second-order valence-corrected chi connectivity index (χ2v) is 6.85. The lowest BCUT2D eigenvalue weighted by molar-refractivity contribution is 0.0690. The van der Waals surface area contributed by atoms with E-state index in [2.05, 4.69) is 14.8 Å². The molecule has 0 bridgehead atoms. The maximum Gasteiger partial charge on any atom is 0.354 e. The van der Waals surface area contributed by atoms with Crippen molar-refractivity contribution in [3.8, 4) is 0 Å². The number of carbonyl (C=O) groups is 1. The Labute approximate surface area is 156 Å². The monoisotopic (exact) mass is 379 g/mol. The van der Waals surface area contributed by atoms with E-state index in [4.69, 9.17) is 28.3 Å². The number of carboxylic acids is 1. The molecule has 5 nitrogen and oxygen atoms in total. The number of carboxylic acid groups (broad SMARTS) is 1. The highest BCUT2D eigenvalue weighted by Gasteiger charge is 2.18. The number of nitrogens with zero attached hydrogens (tertiary/aromatic N) is 3. The Hall–Kier alpha value is -1.82. The molecule has 0 unspecified atom stereocenters. The van der Waals surface area contributed by atoms with Crippen LogP contribution in [0.25, 0.3) is 0 Å². The topological polar surface area (TPSA) is 56.7 Å². The van der Waals surface area contributed by atoms with E-state index in [9.17, 15) is 4.79 Å². The van der Waals surface area contributed by atoms with E-state index < -0.39 is 5.97 Å². The number of aromatic carboxylic acids is 1. The van der Waals surface area contributed by atoms with Gasteiger partial charge in [0.25, 0.3) is 0 Å². The molecule has 1 aliphatic rings. The number of benzene rings is 1. The van der Waals surface area contributed by atoms with Gasteiger partial charge in [0.1, 0.15) is 5.69 Å². The molecule has 25 heavy (non-hydrogen) atoms. The summed E-state index contributed by atoms with van der Waals surface area (Å²) in [5.74, 6) is -0.998. The number of rotatable bonds is 5. The zero-order chi connectivity index (χ0) is 17.8. The summed E-state index contributed by atoms with van der Waals surface area (Å²) in [6.45, 7) is 4.56. The second kappa shape index (κ2) is 8.04. The molecule has 1 fully saturated rings. The molecule has 0 aliphatic carbocycles. The quantitative estimate of drug-likeness (QED) is 0.861. The van der Waals surface area contributed by atoms with Crippen LogP contribution in [0.5, 0.6) is 0 Å². The fraction of sp³-hybridized carbons (Fsp3) is 0.333. The minimum Gasteiger partial charge on any atom is -0.477 e. The molecule has 0 radical (unpaired) electrons. The summed E-state index contributed by atoms with van der Waals surface area (Å²) in [5, 5.41) is 10.2. The van der Waals surface area contributed by atoms with Crippen LogP contribution in [-0.4, -0.2) is 53.7 Å². The van der Waals surface area contributed by atoms with Crippen LogP contribution in [0.4, 0.5) is 5.69 Å². The van der Waals surface area contributed by atoms with Crippen LogP contribution in [0.2, 0.25) is 10.0 Å². The predicted octanol–water partition coefficient (Wildman–Crippen LogP) is 3.45. The lowest BCUT2D eigenvalue weighted by Crippen LogP contribution is -2.47. The number of piperazine rings is 1. The van der Waals surface area contributed by atoms with E-state index in [-0.39, 0.29) is 5.69 Å². The molecule has 1 saturated heterocycles. The number of pyridine rings is 1. The van der Waals surface area contributed by atoms with Gasteiger partial charge >= 0.3 is 5.97 Å². The third-order valence-electron chi connectivity index (χ3n) is 4.40. The van der Waals surface area contributed by atoms with E-state index in [1.165, 1.54) is 5.56 Å². The third-order valence-corrected chi connectivity index (χ3v) is 5.14. The van der Waals surface area contributed by atoms with Crippen molar-refractivity contribution in [1.82, 2.24) is 9.88 Å². The van der Waals surface area contributed by atoms with Crippen LogP contribution in [0, 0.1) is 0 Å². The smallest absolute Gasteiger partial charge is 0.354 e. The van der Waals surface area contributed by atoms with Crippen LogP contribution in [-0.2, 0) is 6.42 Å². The van der Waals surface area contributed by atoms with Crippen LogP contribution in [0.1, 0.15) is 16.1 Å². The van der Waals surface area contributed by atoms with Crippen molar-refractivity contribution in [2.75, 3.05) is 37.6 Å². The van der Waals surface area contributed by atoms with Gasteiger partial charge in [-0.25, -0.2) is 9.78 Å². The molecule has 0 amide bonds. The molecule has 7 heteroatoms. The Morgan fingerprint density at radius 2 is 1.84 bits per heavy atom. The van der Waals surface area contributed by atoms with Crippen molar-refractivity contribution in [1.29, 1.82) is 0 Å². The Balaban J connectivity index is 1.52. The van der Waals surface area contributed by atoms with Crippen LogP contribution >= 0.6 is 23.2 Å². The van der Waals surface area contributed by atoms with Crippen LogP contribution in [0.3, 0.4) is 0 Å². The minimum absolute atomic E-state index is 0.0829. The van der Waals surface area contributed by atoms with Gasteiger partial charge in [-0.2, -0.15) is 0 Å². The van der Waals surface area contributed by atoms with Gasteiger partial charge in [0.2, 0.25) is 0 Å². The fourth-order valence-electron chi connectivity index (χ4n) is 2.95. The van der Waals surface area contributed by atoms with E-state index in [0.717, 1.165) is 44.8 Å². The Bertz CT molecular complexity index is 762. The summed E-state index contributed by atoms with van der Waals surface area (Å²) in [6.07, 6.45) is 2.48. The van der Waals surface area contributed by atoms with Gasteiger partial charge in [-0.1, -0.05) is 29.3 Å². The average Bonchev–Trinajstić information content (AvgIpc) is 2.63. The molecule has 1 aliphatic heterocycles. The first-order valence-electron chi connectivity index (χ1n) is 8.13. The SMILES string of the molecule is O=C(O)c1cc(N2CCN(CCc3ccc(Cl)c(Cl)c3)CC2)ccn1. The molecule has 3 rings (SSSR count). The first kappa shape index (κ1) is 18.0. The molecule has 0 saturated carbocycles. The van der Waals surface area contributed by atoms with Crippen molar-refractivity contribution < 1.29 is 9.90 Å². The number of halogens is 2. The average molecular weight is 380 g/mol. The third kappa shape index (κ3) is 4.63. The van der Waals surface area contributed by atoms with Crippen molar-refractivity contribution in [3.63, 3.8) is 0 Å². The molecule has 0 atom stereocenters. The molecule has 0 spiro atoms. The van der Waals surface area contributed by atoms with Gasteiger partial charge in [-0.05, 0) is 36.2 Å². The van der Waals surface area contributed by atoms with Gasteiger partial charge < -0.3 is 10.0 Å². The molecule has 132 valence electrons. The van der Waals surface area contributed by atoms with E-state index in [1.54, 1.807) is 12.3 Å². The lowest BCUT2D eigenvalue weighted by Gasteiger charge is -2.36. The zero-order valence-electron chi connectivity index (χ0n) is 13.7. The van der Waals surface area contributed by atoms with Gasteiger partial charge in [0.15, 0.2) is 0 Å². The maximum absolute atomic E-state index is 11.0. The first-order chi connectivity index (χ1) is 12.0. The molecular weight excluding hydrogens is 361 g/mol. The fourth-order valence-corrected chi connectivity index (χ4v) is 3.27. The van der Waals surface area contributed by atoms with Gasteiger partial charge in [0, 0.05) is 44.6 Å². The number of aromatic nitrogens is 1. The number of hydrogen-bond acceptors (Lipinski definition) is 4. The van der Waals surface area contributed by atoms with Gasteiger partial charge in [0.05, 0.1) is 10.0 Å². The van der Waals surface area contributed by atoms with E-state index in [1.807, 2.05) is 24.3 Å². The van der Waals surface area contributed by atoms with Crippen molar-refractivity contribution in [2.24, 2.45) is 0 Å².